The molecule has 0 unspecified atom stereocenters. The molecular weight excluding hydrogens is 226 g/mol. The number of hydrogen-bond acceptors (Lipinski definition) is 4. The van der Waals surface area contributed by atoms with E-state index in [1.54, 1.807) is 0 Å². The van der Waals surface area contributed by atoms with Gasteiger partial charge in [0.2, 0.25) is 0 Å². The first-order chi connectivity index (χ1) is 7.72. The maximum absolute atomic E-state index is 11.0. The van der Waals surface area contributed by atoms with Crippen LogP contribution in [0, 0.1) is 0 Å². The second-order valence-corrected chi connectivity index (χ2v) is 4.14. The van der Waals surface area contributed by atoms with Crippen molar-refractivity contribution in [2.75, 3.05) is 18.0 Å². The summed E-state index contributed by atoms with van der Waals surface area (Å²) in [7, 11) is 0. The van der Waals surface area contributed by atoms with Gasteiger partial charge in [-0.05, 0) is 13.3 Å². The Morgan fingerprint density at radius 2 is 2.31 bits per heavy atom. The number of rotatable bonds is 2. The van der Waals surface area contributed by atoms with Crippen molar-refractivity contribution in [3.63, 3.8) is 0 Å². The van der Waals surface area contributed by atoms with Crippen LogP contribution in [-0.2, 0) is 0 Å². The number of aldehydes is 1. The van der Waals surface area contributed by atoms with Gasteiger partial charge in [0.15, 0.2) is 6.29 Å². The van der Waals surface area contributed by atoms with Crippen LogP contribution in [-0.4, -0.2) is 29.3 Å². The molecule has 0 N–H and O–H groups in total. The van der Waals surface area contributed by atoms with Crippen molar-refractivity contribution in [1.29, 1.82) is 0 Å². The van der Waals surface area contributed by atoms with Crippen molar-refractivity contribution in [3.8, 4) is 0 Å². The van der Waals surface area contributed by atoms with Gasteiger partial charge in [-0.15, -0.1) is 0 Å². The molecule has 16 heavy (non-hydrogen) atoms. The summed E-state index contributed by atoms with van der Waals surface area (Å²) in [5.74, 6) is 0.627. The van der Waals surface area contributed by atoms with Gasteiger partial charge in [0, 0.05) is 13.1 Å². The largest absolute Gasteiger partial charge is 0.352 e. The zero-order valence-electron chi connectivity index (χ0n) is 8.98. The highest BCUT2D eigenvalue weighted by Gasteiger charge is 2.17. The molecule has 0 saturated carbocycles. The Morgan fingerprint density at radius 1 is 1.50 bits per heavy atom. The normalized spacial score (nSPS) is 15.9. The molecule has 5 heteroatoms. The molecule has 0 aliphatic carbocycles. The highest BCUT2D eigenvalue weighted by Crippen LogP contribution is 2.24. The summed E-state index contributed by atoms with van der Waals surface area (Å²) in [4.78, 5) is 21.0. The molecule has 0 radical (unpaired) electrons. The van der Waals surface area contributed by atoms with Crippen molar-refractivity contribution < 1.29 is 4.79 Å². The Morgan fingerprint density at radius 3 is 3.00 bits per heavy atom. The van der Waals surface area contributed by atoms with E-state index in [9.17, 15) is 4.79 Å². The molecule has 0 amide bonds. The summed E-state index contributed by atoms with van der Waals surface area (Å²) in [6, 6.07) is 0. The number of hydrogen-bond donors (Lipinski definition) is 0. The van der Waals surface area contributed by atoms with E-state index in [-0.39, 0.29) is 5.15 Å². The third kappa shape index (κ3) is 2.07. The Labute approximate surface area is 99.0 Å². The van der Waals surface area contributed by atoms with E-state index in [1.807, 2.05) is 4.90 Å². The van der Waals surface area contributed by atoms with Gasteiger partial charge >= 0.3 is 0 Å². The minimum absolute atomic E-state index is 0.215. The number of carbonyl (C=O) groups is 1. The minimum atomic E-state index is 0.215. The molecule has 1 aliphatic rings. The van der Waals surface area contributed by atoms with Crippen LogP contribution in [0.25, 0.3) is 0 Å². The Bertz CT molecular complexity index is 445. The van der Waals surface area contributed by atoms with Gasteiger partial charge in [-0.3, -0.25) is 4.79 Å². The molecule has 1 aromatic rings. The molecule has 84 valence electrons. The van der Waals surface area contributed by atoms with Gasteiger partial charge in [-0.2, -0.15) is 0 Å². The zero-order valence-corrected chi connectivity index (χ0v) is 9.74. The summed E-state index contributed by atoms with van der Waals surface area (Å²) in [6.45, 7) is 3.70. The lowest BCUT2D eigenvalue weighted by atomic mass is 10.1. The molecule has 4 nitrogen and oxygen atoms in total. The average molecular weight is 238 g/mol. The monoisotopic (exact) mass is 237 g/mol. The Kier molecular flexibility index (Phi) is 3.19. The molecule has 0 bridgehead atoms. The number of anilines is 1. The lowest BCUT2D eigenvalue weighted by Gasteiger charge is -2.27. The van der Waals surface area contributed by atoms with Gasteiger partial charge in [0.25, 0.3) is 0 Å². The van der Waals surface area contributed by atoms with Crippen LogP contribution in [0.5, 0.6) is 0 Å². The highest BCUT2D eigenvalue weighted by molar-refractivity contribution is 6.32. The van der Waals surface area contributed by atoms with Crippen LogP contribution in [0.15, 0.2) is 18.0 Å². The predicted molar refractivity (Wildman–Crippen MR) is 63.0 cm³/mol. The van der Waals surface area contributed by atoms with Gasteiger partial charge in [0.1, 0.15) is 17.3 Å². The molecule has 1 aromatic heterocycles. The summed E-state index contributed by atoms with van der Waals surface area (Å²) in [5.41, 5.74) is 1.65. The smallest absolute Gasteiger partial charge is 0.156 e. The van der Waals surface area contributed by atoms with Crippen molar-refractivity contribution in [1.82, 2.24) is 9.97 Å². The van der Waals surface area contributed by atoms with E-state index in [4.69, 9.17) is 11.6 Å². The molecule has 0 saturated heterocycles. The van der Waals surface area contributed by atoms with Gasteiger partial charge in [0.05, 0.1) is 5.56 Å². The third-order valence-electron chi connectivity index (χ3n) is 2.56. The van der Waals surface area contributed by atoms with Crippen LogP contribution in [0.1, 0.15) is 23.7 Å². The molecule has 2 rings (SSSR count). The second kappa shape index (κ2) is 4.61. The van der Waals surface area contributed by atoms with E-state index >= 15 is 0 Å². The van der Waals surface area contributed by atoms with E-state index in [2.05, 4.69) is 23.0 Å². The fourth-order valence-electron chi connectivity index (χ4n) is 1.81. The van der Waals surface area contributed by atoms with Crippen molar-refractivity contribution in [2.24, 2.45) is 0 Å². The van der Waals surface area contributed by atoms with Crippen LogP contribution >= 0.6 is 11.6 Å². The topological polar surface area (TPSA) is 46.1 Å². The standard InChI is InChI=1S/C11H12ClN3O/c1-8-3-2-4-15(5-8)11-9(6-16)10(12)13-7-14-11/h3,6-7H,2,4-5H2,1H3. The molecule has 0 atom stereocenters. The number of nitrogens with zero attached hydrogens (tertiary/aromatic N) is 3. The molecule has 0 fully saturated rings. The fraction of sp³-hybridized carbons (Fsp3) is 0.364. The first-order valence-electron chi connectivity index (χ1n) is 5.08. The van der Waals surface area contributed by atoms with Crippen LogP contribution in [0.2, 0.25) is 5.15 Å². The zero-order chi connectivity index (χ0) is 11.5. The summed E-state index contributed by atoms with van der Waals surface area (Å²) in [5, 5.41) is 0.215. The number of carbonyl (C=O) groups excluding carboxylic acids is 1. The Balaban J connectivity index is 2.37. The van der Waals surface area contributed by atoms with E-state index < -0.39 is 0 Å². The van der Waals surface area contributed by atoms with Crippen LogP contribution in [0.4, 0.5) is 5.82 Å². The van der Waals surface area contributed by atoms with Crippen LogP contribution in [0.3, 0.4) is 0 Å². The van der Waals surface area contributed by atoms with E-state index in [0.717, 1.165) is 19.5 Å². The lowest BCUT2D eigenvalue weighted by molar-refractivity contribution is 0.112. The Hall–Kier alpha value is -1.42. The molecule has 1 aliphatic heterocycles. The van der Waals surface area contributed by atoms with E-state index in [1.165, 1.54) is 11.9 Å². The molecular formula is C11H12ClN3O. The second-order valence-electron chi connectivity index (χ2n) is 3.78. The quantitative estimate of drug-likeness (QED) is 0.449. The maximum Gasteiger partial charge on any atom is 0.156 e. The number of halogens is 1. The molecule has 0 spiro atoms. The average Bonchev–Trinajstić information content (AvgIpc) is 2.28. The fourth-order valence-corrected chi connectivity index (χ4v) is 1.98. The lowest BCUT2D eigenvalue weighted by Crippen LogP contribution is -2.31. The third-order valence-corrected chi connectivity index (χ3v) is 2.86. The van der Waals surface area contributed by atoms with Crippen molar-refractivity contribution in [2.45, 2.75) is 13.3 Å². The van der Waals surface area contributed by atoms with Gasteiger partial charge in [-0.1, -0.05) is 23.3 Å². The highest BCUT2D eigenvalue weighted by atomic mass is 35.5. The minimum Gasteiger partial charge on any atom is -0.352 e. The van der Waals surface area contributed by atoms with E-state index in [0.29, 0.717) is 17.7 Å². The maximum atomic E-state index is 11.0. The molecule has 2 heterocycles. The molecule has 0 aromatic carbocycles. The summed E-state index contributed by atoms with van der Waals surface area (Å²) < 4.78 is 0. The SMILES string of the molecule is CC1=CCCN(c2ncnc(Cl)c2C=O)C1. The first kappa shape index (κ1) is 11.1. The predicted octanol–water partition coefficient (Wildman–Crippen LogP) is 2.10. The first-order valence-corrected chi connectivity index (χ1v) is 5.46. The van der Waals surface area contributed by atoms with Crippen molar-refractivity contribution >= 4 is 23.7 Å². The summed E-state index contributed by atoms with van der Waals surface area (Å²) in [6.07, 6.45) is 5.26. The summed E-state index contributed by atoms with van der Waals surface area (Å²) >= 11 is 5.86. The van der Waals surface area contributed by atoms with Crippen LogP contribution < -0.4 is 4.90 Å². The number of aromatic nitrogens is 2. The van der Waals surface area contributed by atoms with Crippen molar-refractivity contribution in [3.05, 3.63) is 28.7 Å². The van der Waals surface area contributed by atoms with Gasteiger partial charge in [-0.25, -0.2) is 9.97 Å². The van der Waals surface area contributed by atoms with Gasteiger partial charge < -0.3 is 4.90 Å².